The molecule has 0 saturated carbocycles. The monoisotopic (exact) mass is 259 g/mol. The molecule has 0 bridgehead atoms. The van der Waals surface area contributed by atoms with Crippen LogP contribution in [0, 0.1) is 0 Å². The van der Waals surface area contributed by atoms with Crippen LogP contribution in [-0.2, 0) is 10.0 Å². The Morgan fingerprint density at radius 1 is 1.06 bits per heavy atom. The van der Waals surface area contributed by atoms with Crippen LogP contribution in [0.15, 0.2) is 29.2 Å². The topological polar surface area (TPSA) is 98.1 Å². The molecule has 0 unspecified atom stereocenters. The van der Waals surface area contributed by atoms with Crippen molar-refractivity contribution in [3.8, 4) is 5.75 Å². The van der Waals surface area contributed by atoms with Crippen molar-refractivity contribution >= 4 is 10.0 Å². The average Bonchev–Trinajstić information content (AvgIpc) is 2.60. The van der Waals surface area contributed by atoms with E-state index >= 15 is 0 Å². The van der Waals surface area contributed by atoms with E-state index in [0.717, 1.165) is 4.31 Å². The summed E-state index contributed by atoms with van der Waals surface area (Å²) >= 11 is 0. The Morgan fingerprint density at radius 2 is 1.53 bits per heavy atom. The molecule has 0 amide bonds. The molecule has 0 spiro atoms. The minimum atomic E-state index is -3.72. The molecule has 1 saturated heterocycles. The van der Waals surface area contributed by atoms with Gasteiger partial charge < -0.3 is 15.3 Å². The SMILES string of the molecule is O=S(=O)(c1ccc(O)cc1)N1C[C@@H](O)[C@H](O)C1. The van der Waals surface area contributed by atoms with E-state index in [0.29, 0.717) is 0 Å². The lowest BCUT2D eigenvalue weighted by molar-refractivity contribution is 0.0572. The third kappa shape index (κ3) is 2.27. The van der Waals surface area contributed by atoms with Gasteiger partial charge in [0.05, 0.1) is 17.1 Å². The fourth-order valence-corrected chi connectivity index (χ4v) is 3.17. The second kappa shape index (κ2) is 4.26. The molecule has 1 heterocycles. The summed E-state index contributed by atoms with van der Waals surface area (Å²) in [6.07, 6.45) is -2.11. The first-order chi connectivity index (χ1) is 7.91. The highest BCUT2D eigenvalue weighted by atomic mass is 32.2. The van der Waals surface area contributed by atoms with Crippen molar-refractivity contribution in [1.29, 1.82) is 0 Å². The standard InChI is InChI=1S/C10H13NO5S/c12-7-1-3-8(4-2-7)17(15,16)11-5-9(13)10(14)6-11/h1-4,9-10,12-14H,5-6H2/t9-,10-/m1/s1. The Balaban J connectivity index is 2.28. The van der Waals surface area contributed by atoms with Crippen LogP contribution in [0.2, 0.25) is 0 Å². The van der Waals surface area contributed by atoms with Gasteiger partial charge in [-0.15, -0.1) is 0 Å². The fraction of sp³-hybridized carbons (Fsp3) is 0.400. The number of aromatic hydroxyl groups is 1. The first kappa shape index (κ1) is 12.3. The summed E-state index contributed by atoms with van der Waals surface area (Å²) in [7, 11) is -3.72. The average molecular weight is 259 g/mol. The molecule has 94 valence electrons. The van der Waals surface area contributed by atoms with Crippen LogP contribution < -0.4 is 0 Å². The summed E-state index contributed by atoms with van der Waals surface area (Å²) in [6, 6.07) is 5.11. The van der Waals surface area contributed by atoms with Crippen molar-refractivity contribution in [3.05, 3.63) is 24.3 Å². The van der Waals surface area contributed by atoms with Gasteiger partial charge in [-0.3, -0.25) is 0 Å². The molecule has 1 aromatic carbocycles. The van der Waals surface area contributed by atoms with E-state index in [1.165, 1.54) is 24.3 Å². The Hall–Kier alpha value is -1.15. The molecule has 0 aliphatic carbocycles. The zero-order valence-electron chi connectivity index (χ0n) is 8.89. The van der Waals surface area contributed by atoms with Gasteiger partial charge >= 0.3 is 0 Å². The van der Waals surface area contributed by atoms with Crippen molar-refractivity contribution in [2.24, 2.45) is 0 Å². The van der Waals surface area contributed by atoms with Crippen LogP contribution in [0.3, 0.4) is 0 Å². The lowest BCUT2D eigenvalue weighted by Gasteiger charge is -2.15. The number of aliphatic hydroxyl groups excluding tert-OH is 2. The highest BCUT2D eigenvalue weighted by Crippen LogP contribution is 2.22. The molecule has 2 atom stereocenters. The molecule has 1 fully saturated rings. The van der Waals surface area contributed by atoms with E-state index < -0.39 is 22.2 Å². The molecule has 0 radical (unpaired) electrons. The molecular weight excluding hydrogens is 246 g/mol. The summed E-state index contributed by atoms with van der Waals surface area (Å²) in [4.78, 5) is 0.0246. The van der Waals surface area contributed by atoms with Crippen LogP contribution in [0.1, 0.15) is 0 Å². The Labute approximate surface area is 98.8 Å². The molecule has 3 N–H and O–H groups in total. The number of phenolic OH excluding ortho intramolecular Hbond substituents is 1. The van der Waals surface area contributed by atoms with Crippen molar-refractivity contribution in [3.63, 3.8) is 0 Å². The molecule has 17 heavy (non-hydrogen) atoms. The van der Waals surface area contributed by atoms with Crippen molar-refractivity contribution in [2.45, 2.75) is 17.1 Å². The number of hydrogen-bond acceptors (Lipinski definition) is 5. The molecule has 7 heteroatoms. The molecule has 1 aliphatic heterocycles. The van der Waals surface area contributed by atoms with Crippen molar-refractivity contribution in [2.75, 3.05) is 13.1 Å². The van der Waals surface area contributed by atoms with Crippen LogP contribution in [0.25, 0.3) is 0 Å². The maximum Gasteiger partial charge on any atom is 0.243 e. The summed E-state index contributed by atoms with van der Waals surface area (Å²) in [6.45, 7) is -0.241. The number of phenols is 1. The van der Waals surface area contributed by atoms with Gasteiger partial charge in [-0.25, -0.2) is 8.42 Å². The number of aliphatic hydroxyl groups is 2. The third-order valence-corrected chi connectivity index (χ3v) is 4.55. The highest BCUT2D eigenvalue weighted by molar-refractivity contribution is 7.89. The van der Waals surface area contributed by atoms with E-state index in [4.69, 9.17) is 5.11 Å². The predicted octanol–water partition coefficient (Wildman–Crippen LogP) is -0.882. The van der Waals surface area contributed by atoms with E-state index in [-0.39, 0.29) is 23.7 Å². The zero-order valence-corrected chi connectivity index (χ0v) is 9.71. The summed E-state index contributed by atoms with van der Waals surface area (Å²) in [5.41, 5.74) is 0. The van der Waals surface area contributed by atoms with E-state index in [1.807, 2.05) is 0 Å². The smallest absolute Gasteiger partial charge is 0.243 e. The molecule has 1 aromatic rings. The van der Waals surface area contributed by atoms with Gasteiger partial charge in [-0.1, -0.05) is 0 Å². The van der Waals surface area contributed by atoms with Gasteiger partial charge in [0.2, 0.25) is 10.0 Å². The minimum Gasteiger partial charge on any atom is -0.508 e. The van der Waals surface area contributed by atoms with Gasteiger partial charge in [0.1, 0.15) is 5.75 Å². The minimum absolute atomic E-state index is 0.0227. The Bertz CT molecular complexity index is 488. The summed E-state index contributed by atoms with van der Waals surface area (Å²) in [5.74, 6) is -0.0227. The molecule has 2 rings (SSSR count). The summed E-state index contributed by atoms with van der Waals surface area (Å²) in [5, 5.41) is 27.7. The normalized spacial score (nSPS) is 26.2. The lowest BCUT2D eigenvalue weighted by Crippen LogP contribution is -2.29. The van der Waals surface area contributed by atoms with Gasteiger partial charge in [0.25, 0.3) is 0 Å². The second-order valence-electron chi connectivity index (χ2n) is 3.95. The molecule has 0 aromatic heterocycles. The Kier molecular flexibility index (Phi) is 3.09. The van der Waals surface area contributed by atoms with Gasteiger partial charge in [-0.05, 0) is 24.3 Å². The predicted molar refractivity (Wildman–Crippen MR) is 58.9 cm³/mol. The maximum atomic E-state index is 12.1. The summed E-state index contributed by atoms with van der Waals surface area (Å²) < 4.78 is 25.1. The van der Waals surface area contributed by atoms with Crippen molar-refractivity contribution < 1.29 is 23.7 Å². The van der Waals surface area contributed by atoms with Crippen LogP contribution in [0.5, 0.6) is 5.75 Å². The van der Waals surface area contributed by atoms with E-state index in [9.17, 15) is 18.6 Å². The number of sulfonamides is 1. The first-order valence-corrected chi connectivity index (χ1v) is 6.50. The molecular formula is C10H13NO5S. The highest BCUT2D eigenvalue weighted by Gasteiger charge is 2.37. The zero-order chi connectivity index (χ0) is 12.6. The largest absolute Gasteiger partial charge is 0.508 e. The van der Waals surface area contributed by atoms with Crippen molar-refractivity contribution in [1.82, 2.24) is 4.31 Å². The van der Waals surface area contributed by atoms with Gasteiger partial charge in [0.15, 0.2) is 0 Å². The van der Waals surface area contributed by atoms with Crippen LogP contribution in [-0.4, -0.2) is 53.3 Å². The second-order valence-corrected chi connectivity index (χ2v) is 5.89. The van der Waals surface area contributed by atoms with Crippen LogP contribution >= 0.6 is 0 Å². The molecule has 6 nitrogen and oxygen atoms in total. The first-order valence-electron chi connectivity index (χ1n) is 5.06. The van der Waals surface area contributed by atoms with Crippen LogP contribution in [0.4, 0.5) is 0 Å². The Morgan fingerprint density at radius 3 is 2.00 bits per heavy atom. The maximum absolute atomic E-state index is 12.1. The van der Waals surface area contributed by atoms with E-state index in [2.05, 4.69) is 0 Å². The number of β-amino-alcohol motifs (C(OH)–C–C–N with tert-alkyl or cyclic N) is 2. The fourth-order valence-electron chi connectivity index (χ4n) is 1.70. The quantitative estimate of drug-likeness (QED) is 0.640. The lowest BCUT2D eigenvalue weighted by atomic mass is 10.3. The molecule has 1 aliphatic rings. The van der Waals surface area contributed by atoms with E-state index in [1.54, 1.807) is 0 Å². The number of rotatable bonds is 2. The van der Waals surface area contributed by atoms with Gasteiger partial charge in [0, 0.05) is 13.1 Å². The van der Waals surface area contributed by atoms with Gasteiger partial charge in [-0.2, -0.15) is 4.31 Å². The number of nitrogens with zero attached hydrogens (tertiary/aromatic N) is 1. The number of benzene rings is 1. The number of hydrogen-bond donors (Lipinski definition) is 3. The third-order valence-electron chi connectivity index (χ3n) is 2.70.